The van der Waals surface area contributed by atoms with E-state index in [0.29, 0.717) is 21.7 Å². The zero-order chi connectivity index (χ0) is 11.8. The van der Waals surface area contributed by atoms with E-state index >= 15 is 0 Å². The standard InChI is InChI=1S/C13H12ClNO2/c14-9-3-4-12-10(7-9)13(16)11(8-17-12)15-5-1-2-6-15/h3-4,7-8H,1-2,5-6H2. The minimum atomic E-state index is 0.00986. The molecule has 2 heterocycles. The van der Waals surface area contributed by atoms with Gasteiger partial charge < -0.3 is 9.32 Å². The molecule has 0 radical (unpaired) electrons. The van der Waals surface area contributed by atoms with Gasteiger partial charge in [-0.1, -0.05) is 11.6 Å². The van der Waals surface area contributed by atoms with Crippen molar-refractivity contribution in [1.82, 2.24) is 0 Å². The van der Waals surface area contributed by atoms with Crippen LogP contribution in [-0.4, -0.2) is 13.1 Å². The average molecular weight is 250 g/mol. The van der Waals surface area contributed by atoms with Gasteiger partial charge in [0, 0.05) is 18.1 Å². The van der Waals surface area contributed by atoms with E-state index in [1.165, 1.54) is 0 Å². The molecular formula is C13H12ClNO2. The minimum Gasteiger partial charge on any atom is -0.462 e. The van der Waals surface area contributed by atoms with E-state index in [-0.39, 0.29) is 5.43 Å². The summed E-state index contributed by atoms with van der Waals surface area (Å²) in [4.78, 5) is 14.4. The quantitative estimate of drug-likeness (QED) is 0.779. The van der Waals surface area contributed by atoms with Gasteiger partial charge in [-0.05, 0) is 31.0 Å². The Bertz CT molecular complexity index is 614. The molecule has 3 nitrogen and oxygen atoms in total. The second-order valence-electron chi connectivity index (χ2n) is 4.28. The first-order chi connectivity index (χ1) is 8.25. The van der Waals surface area contributed by atoms with Crippen LogP contribution in [0.25, 0.3) is 11.0 Å². The normalized spacial score (nSPS) is 15.7. The van der Waals surface area contributed by atoms with E-state index in [2.05, 4.69) is 4.90 Å². The molecule has 1 aliphatic rings. The fourth-order valence-electron chi connectivity index (χ4n) is 2.27. The Morgan fingerprint density at radius 2 is 2.00 bits per heavy atom. The van der Waals surface area contributed by atoms with Crippen LogP contribution in [0.3, 0.4) is 0 Å². The van der Waals surface area contributed by atoms with Crippen molar-refractivity contribution in [2.24, 2.45) is 0 Å². The summed E-state index contributed by atoms with van der Waals surface area (Å²) >= 11 is 5.91. The highest BCUT2D eigenvalue weighted by Crippen LogP contribution is 2.22. The Morgan fingerprint density at radius 3 is 2.76 bits per heavy atom. The molecule has 1 saturated heterocycles. The zero-order valence-corrected chi connectivity index (χ0v) is 10.0. The second kappa shape index (κ2) is 4.08. The molecule has 3 rings (SSSR count). The molecule has 2 aromatic rings. The molecule has 1 aromatic carbocycles. The number of nitrogens with zero attached hydrogens (tertiary/aromatic N) is 1. The molecule has 0 spiro atoms. The van der Waals surface area contributed by atoms with Crippen LogP contribution >= 0.6 is 11.6 Å². The molecule has 0 N–H and O–H groups in total. The monoisotopic (exact) mass is 249 g/mol. The molecule has 1 fully saturated rings. The lowest BCUT2D eigenvalue weighted by Crippen LogP contribution is -2.24. The summed E-state index contributed by atoms with van der Waals surface area (Å²) in [6, 6.07) is 5.12. The Hall–Kier alpha value is -1.48. The number of fused-ring (bicyclic) bond motifs is 1. The van der Waals surface area contributed by atoms with Gasteiger partial charge in [-0.3, -0.25) is 4.79 Å². The van der Waals surface area contributed by atoms with Crippen LogP contribution in [0.5, 0.6) is 0 Å². The third kappa shape index (κ3) is 1.80. The number of benzene rings is 1. The first-order valence-electron chi connectivity index (χ1n) is 5.72. The number of hydrogen-bond donors (Lipinski definition) is 0. The molecule has 4 heteroatoms. The van der Waals surface area contributed by atoms with E-state index in [0.717, 1.165) is 25.9 Å². The van der Waals surface area contributed by atoms with Crippen molar-refractivity contribution in [2.75, 3.05) is 18.0 Å². The van der Waals surface area contributed by atoms with E-state index < -0.39 is 0 Å². The molecular weight excluding hydrogens is 238 g/mol. The average Bonchev–Trinajstić information content (AvgIpc) is 2.84. The molecule has 0 saturated carbocycles. The summed E-state index contributed by atoms with van der Waals surface area (Å²) in [5.41, 5.74) is 1.25. The fourth-order valence-corrected chi connectivity index (χ4v) is 2.44. The highest BCUT2D eigenvalue weighted by Gasteiger charge is 2.17. The molecule has 0 unspecified atom stereocenters. The third-order valence-corrected chi connectivity index (χ3v) is 3.40. The summed E-state index contributed by atoms with van der Waals surface area (Å²) < 4.78 is 5.49. The number of anilines is 1. The van der Waals surface area contributed by atoms with E-state index in [1.54, 1.807) is 24.5 Å². The maximum absolute atomic E-state index is 12.3. The van der Waals surface area contributed by atoms with E-state index in [1.807, 2.05) is 0 Å². The third-order valence-electron chi connectivity index (χ3n) is 3.16. The maximum atomic E-state index is 12.3. The molecule has 1 aliphatic heterocycles. The Balaban J connectivity index is 2.21. The van der Waals surface area contributed by atoms with Gasteiger partial charge in [0.05, 0.1) is 5.39 Å². The number of halogens is 1. The minimum absolute atomic E-state index is 0.00986. The SMILES string of the molecule is O=c1c(N2CCCC2)coc2ccc(Cl)cc12. The molecule has 17 heavy (non-hydrogen) atoms. The number of rotatable bonds is 1. The second-order valence-corrected chi connectivity index (χ2v) is 4.72. The highest BCUT2D eigenvalue weighted by molar-refractivity contribution is 6.31. The van der Waals surface area contributed by atoms with Crippen LogP contribution in [-0.2, 0) is 0 Å². The van der Waals surface area contributed by atoms with Crippen molar-refractivity contribution in [3.8, 4) is 0 Å². The highest BCUT2D eigenvalue weighted by atomic mass is 35.5. The van der Waals surface area contributed by atoms with Gasteiger partial charge >= 0.3 is 0 Å². The van der Waals surface area contributed by atoms with Gasteiger partial charge in [-0.15, -0.1) is 0 Å². The van der Waals surface area contributed by atoms with Crippen LogP contribution < -0.4 is 10.3 Å². The van der Waals surface area contributed by atoms with Gasteiger partial charge in [0.1, 0.15) is 17.5 Å². The molecule has 88 valence electrons. The lowest BCUT2D eigenvalue weighted by Gasteiger charge is -2.15. The Morgan fingerprint density at radius 1 is 1.24 bits per heavy atom. The van der Waals surface area contributed by atoms with Crippen LogP contribution in [0.4, 0.5) is 5.69 Å². The van der Waals surface area contributed by atoms with Crippen molar-refractivity contribution in [3.63, 3.8) is 0 Å². The largest absolute Gasteiger partial charge is 0.462 e. The van der Waals surface area contributed by atoms with Gasteiger partial charge in [-0.25, -0.2) is 0 Å². The Labute approximate surface area is 104 Å². The molecule has 1 aromatic heterocycles. The summed E-state index contributed by atoms with van der Waals surface area (Å²) in [5.74, 6) is 0. The zero-order valence-electron chi connectivity index (χ0n) is 9.28. The topological polar surface area (TPSA) is 33.5 Å². The molecule has 0 bridgehead atoms. The van der Waals surface area contributed by atoms with Crippen LogP contribution in [0.15, 0.2) is 33.7 Å². The van der Waals surface area contributed by atoms with Gasteiger partial charge in [0.2, 0.25) is 5.43 Å². The maximum Gasteiger partial charge on any atom is 0.216 e. The molecule has 0 aliphatic carbocycles. The lowest BCUT2D eigenvalue weighted by atomic mass is 10.2. The van der Waals surface area contributed by atoms with Crippen molar-refractivity contribution in [1.29, 1.82) is 0 Å². The number of hydrogen-bond acceptors (Lipinski definition) is 3. The first kappa shape index (κ1) is 10.7. The van der Waals surface area contributed by atoms with Gasteiger partial charge in [-0.2, -0.15) is 0 Å². The molecule has 0 amide bonds. The molecule has 0 atom stereocenters. The summed E-state index contributed by atoms with van der Waals surface area (Å²) in [7, 11) is 0. The first-order valence-corrected chi connectivity index (χ1v) is 6.09. The van der Waals surface area contributed by atoms with Crippen LogP contribution in [0.1, 0.15) is 12.8 Å². The Kier molecular flexibility index (Phi) is 2.56. The van der Waals surface area contributed by atoms with E-state index in [9.17, 15) is 4.79 Å². The fraction of sp³-hybridized carbons (Fsp3) is 0.308. The van der Waals surface area contributed by atoms with Crippen molar-refractivity contribution >= 4 is 28.3 Å². The predicted molar refractivity (Wildman–Crippen MR) is 68.9 cm³/mol. The van der Waals surface area contributed by atoms with E-state index in [4.69, 9.17) is 16.0 Å². The summed E-state index contributed by atoms with van der Waals surface area (Å²) in [6.07, 6.45) is 3.82. The lowest BCUT2D eigenvalue weighted by molar-refractivity contribution is 0.600. The summed E-state index contributed by atoms with van der Waals surface area (Å²) in [5, 5.41) is 1.12. The van der Waals surface area contributed by atoms with Crippen molar-refractivity contribution < 1.29 is 4.42 Å². The predicted octanol–water partition coefficient (Wildman–Crippen LogP) is 3.05. The van der Waals surface area contributed by atoms with Crippen LogP contribution in [0, 0.1) is 0 Å². The van der Waals surface area contributed by atoms with Crippen molar-refractivity contribution in [3.05, 3.63) is 39.7 Å². The van der Waals surface area contributed by atoms with Crippen LogP contribution in [0.2, 0.25) is 5.02 Å². The van der Waals surface area contributed by atoms with Crippen molar-refractivity contribution in [2.45, 2.75) is 12.8 Å². The van der Waals surface area contributed by atoms with Gasteiger partial charge in [0.25, 0.3) is 0 Å². The van der Waals surface area contributed by atoms with Gasteiger partial charge in [0.15, 0.2) is 0 Å². The smallest absolute Gasteiger partial charge is 0.216 e. The summed E-state index contributed by atoms with van der Waals surface area (Å²) in [6.45, 7) is 1.85.